The van der Waals surface area contributed by atoms with Crippen molar-refractivity contribution in [1.29, 1.82) is 0 Å². The van der Waals surface area contributed by atoms with E-state index in [2.05, 4.69) is 45.9 Å². The average molecular weight is 376 g/mol. The second-order valence-electron chi connectivity index (χ2n) is 8.45. The van der Waals surface area contributed by atoms with Gasteiger partial charge in [-0.1, -0.05) is 33.6 Å². The Labute approximate surface area is 165 Å². The SMILES string of the molecule is CCN1CC2CCC(C1)N2c1ncc(CC(=O)NCCCCC(C)C)cn1.[HH]. The molecule has 6 heteroatoms. The van der Waals surface area contributed by atoms with Gasteiger partial charge in [0.1, 0.15) is 0 Å². The van der Waals surface area contributed by atoms with Gasteiger partial charge in [0.25, 0.3) is 0 Å². The van der Waals surface area contributed by atoms with E-state index in [1.54, 1.807) is 0 Å². The number of nitrogens with one attached hydrogen (secondary N) is 1. The quantitative estimate of drug-likeness (QED) is 0.673. The number of piperazine rings is 1. The molecule has 0 saturated carbocycles. The van der Waals surface area contributed by atoms with Crippen molar-refractivity contribution in [2.75, 3.05) is 31.1 Å². The van der Waals surface area contributed by atoms with Crippen molar-refractivity contribution < 1.29 is 6.22 Å². The molecular weight excluding hydrogens is 338 g/mol. The van der Waals surface area contributed by atoms with Gasteiger partial charge in [-0.3, -0.25) is 9.69 Å². The third kappa shape index (κ3) is 5.41. The van der Waals surface area contributed by atoms with Gasteiger partial charge >= 0.3 is 0 Å². The number of carbonyl (C=O) groups is 1. The van der Waals surface area contributed by atoms with Crippen molar-refractivity contribution in [3.05, 3.63) is 18.0 Å². The molecule has 6 nitrogen and oxygen atoms in total. The molecule has 2 atom stereocenters. The lowest BCUT2D eigenvalue weighted by Crippen LogP contribution is -2.54. The Morgan fingerprint density at radius 3 is 2.48 bits per heavy atom. The molecule has 1 aromatic rings. The highest BCUT2D eigenvalue weighted by molar-refractivity contribution is 5.78. The summed E-state index contributed by atoms with van der Waals surface area (Å²) in [6.07, 6.45) is 9.91. The summed E-state index contributed by atoms with van der Waals surface area (Å²) < 4.78 is 0. The van der Waals surface area contributed by atoms with Gasteiger partial charge in [-0.15, -0.1) is 0 Å². The zero-order valence-electron chi connectivity index (χ0n) is 17.2. The number of carbonyl (C=O) groups excluding carboxylic acids is 1. The molecule has 2 bridgehead atoms. The predicted octanol–water partition coefficient (Wildman–Crippen LogP) is 2.88. The lowest BCUT2D eigenvalue weighted by molar-refractivity contribution is -0.120. The van der Waals surface area contributed by atoms with E-state index in [9.17, 15) is 4.79 Å². The summed E-state index contributed by atoms with van der Waals surface area (Å²) in [4.78, 5) is 26.2. The monoisotopic (exact) mass is 375 g/mol. The normalized spacial score (nSPS) is 22.4. The highest BCUT2D eigenvalue weighted by atomic mass is 16.1. The van der Waals surface area contributed by atoms with Crippen molar-refractivity contribution in [2.45, 2.75) is 71.4 Å². The van der Waals surface area contributed by atoms with Gasteiger partial charge < -0.3 is 10.2 Å². The number of likely N-dealkylation sites (tertiary alicyclic amines) is 1. The summed E-state index contributed by atoms with van der Waals surface area (Å²) in [6.45, 7) is 10.8. The van der Waals surface area contributed by atoms with Crippen molar-refractivity contribution in [1.82, 2.24) is 20.2 Å². The molecule has 152 valence electrons. The molecule has 2 aliphatic rings. The molecule has 2 saturated heterocycles. The summed E-state index contributed by atoms with van der Waals surface area (Å²) in [6, 6.07) is 1.06. The molecule has 1 aromatic heterocycles. The van der Waals surface area contributed by atoms with E-state index in [0.29, 0.717) is 18.5 Å². The number of aromatic nitrogens is 2. The maximum Gasteiger partial charge on any atom is 0.225 e. The number of unbranched alkanes of at least 4 members (excludes halogenated alkanes) is 1. The van der Waals surface area contributed by atoms with Gasteiger partial charge in [-0.25, -0.2) is 9.97 Å². The largest absolute Gasteiger partial charge is 0.356 e. The van der Waals surface area contributed by atoms with Crippen LogP contribution < -0.4 is 10.2 Å². The molecule has 0 aromatic carbocycles. The minimum absolute atomic E-state index is 0. The highest BCUT2D eigenvalue weighted by Crippen LogP contribution is 2.32. The van der Waals surface area contributed by atoms with Gasteiger partial charge in [0.05, 0.1) is 6.42 Å². The summed E-state index contributed by atoms with van der Waals surface area (Å²) >= 11 is 0. The van der Waals surface area contributed by atoms with Crippen LogP contribution in [0.15, 0.2) is 12.4 Å². The number of amides is 1. The first-order valence-corrected chi connectivity index (χ1v) is 10.6. The molecule has 0 spiro atoms. The van der Waals surface area contributed by atoms with E-state index in [1.807, 2.05) is 12.4 Å². The second-order valence-corrected chi connectivity index (χ2v) is 8.45. The van der Waals surface area contributed by atoms with E-state index in [4.69, 9.17) is 0 Å². The maximum absolute atomic E-state index is 12.1. The summed E-state index contributed by atoms with van der Waals surface area (Å²) in [5.74, 6) is 1.63. The number of fused-ring (bicyclic) bond motifs is 2. The maximum atomic E-state index is 12.1. The molecule has 2 aliphatic heterocycles. The number of hydrogen-bond acceptors (Lipinski definition) is 5. The summed E-state index contributed by atoms with van der Waals surface area (Å²) in [7, 11) is 0. The van der Waals surface area contributed by atoms with Crippen LogP contribution in [0.3, 0.4) is 0 Å². The van der Waals surface area contributed by atoms with Crippen molar-refractivity contribution in [3.63, 3.8) is 0 Å². The topological polar surface area (TPSA) is 61.4 Å². The van der Waals surface area contributed by atoms with Crippen LogP contribution in [0.2, 0.25) is 0 Å². The first-order chi connectivity index (χ1) is 13.1. The summed E-state index contributed by atoms with van der Waals surface area (Å²) in [5, 5.41) is 3.01. The van der Waals surface area contributed by atoms with Crippen LogP contribution in [0, 0.1) is 5.92 Å². The Morgan fingerprint density at radius 1 is 1.22 bits per heavy atom. The Morgan fingerprint density at radius 2 is 1.89 bits per heavy atom. The fourth-order valence-corrected chi connectivity index (χ4v) is 4.30. The fraction of sp³-hybridized carbons (Fsp3) is 0.762. The Hall–Kier alpha value is -1.69. The van der Waals surface area contributed by atoms with Gasteiger partial charge in [0, 0.05) is 45.5 Å². The number of nitrogens with zero attached hydrogens (tertiary/aromatic N) is 4. The van der Waals surface area contributed by atoms with Crippen molar-refractivity contribution >= 4 is 11.9 Å². The van der Waals surface area contributed by atoms with Gasteiger partial charge in [-0.05, 0) is 37.3 Å². The molecule has 0 aliphatic carbocycles. The predicted molar refractivity (Wildman–Crippen MR) is 111 cm³/mol. The van der Waals surface area contributed by atoms with Gasteiger partial charge in [0.2, 0.25) is 11.9 Å². The fourth-order valence-electron chi connectivity index (χ4n) is 4.30. The zero-order valence-corrected chi connectivity index (χ0v) is 17.2. The average Bonchev–Trinajstić information content (AvgIpc) is 2.91. The van der Waals surface area contributed by atoms with E-state index in [1.165, 1.54) is 25.7 Å². The molecule has 3 rings (SSSR count). The van der Waals surface area contributed by atoms with E-state index in [-0.39, 0.29) is 7.33 Å². The molecule has 3 heterocycles. The lowest BCUT2D eigenvalue weighted by Gasteiger charge is -2.40. The molecule has 2 fully saturated rings. The third-order valence-electron chi connectivity index (χ3n) is 5.82. The molecule has 27 heavy (non-hydrogen) atoms. The van der Waals surface area contributed by atoms with Gasteiger partial charge in [0.15, 0.2) is 0 Å². The minimum Gasteiger partial charge on any atom is -0.356 e. The van der Waals surface area contributed by atoms with Crippen LogP contribution in [0.5, 0.6) is 0 Å². The number of anilines is 1. The lowest BCUT2D eigenvalue weighted by atomic mass is 10.1. The van der Waals surface area contributed by atoms with Crippen LogP contribution in [0.4, 0.5) is 5.95 Å². The standard InChI is InChI=1S/C21H35N5O.H2/c1-4-25-14-18-8-9-19(15-25)26(18)21-23-12-17(13-24-21)11-20(27)22-10-6-5-7-16(2)3;/h12-13,16,18-19H,4-11,14-15H2,1-3H3,(H,22,27);1H. The molecular formula is C21H37N5O. The van der Waals surface area contributed by atoms with Crippen LogP contribution in [-0.2, 0) is 11.2 Å². The van der Waals surface area contributed by atoms with Crippen LogP contribution in [0.25, 0.3) is 0 Å². The third-order valence-corrected chi connectivity index (χ3v) is 5.82. The first kappa shape index (κ1) is 20.1. The Bertz CT molecular complexity index is 595. The smallest absolute Gasteiger partial charge is 0.225 e. The minimum atomic E-state index is 0. The summed E-state index contributed by atoms with van der Waals surface area (Å²) in [5.41, 5.74) is 0.887. The number of rotatable bonds is 9. The number of likely N-dealkylation sites (N-methyl/N-ethyl adjacent to an activating group) is 1. The van der Waals surface area contributed by atoms with E-state index >= 15 is 0 Å². The number of hydrogen-bond donors (Lipinski definition) is 1. The first-order valence-electron chi connectivity index (χ1n) is 10.6. The van der Waals surface area contributed by atoms with Crippen molar-refractivity contribution in [2.24, 2.45) is 5.92 Å². The molecule has 0 radical (unpaired) electrons. The molecule has 1 N–H and O–H groups in total. The van der Waals surface area contributed by atoms with Crippen LogP contribution in [-0.4, -0.2) is 59.0 Å². The Balaban J connectivity index is 0.00000280. The van der Waals surface area contributed by atoms with Crippen LogP contribution >= 0.6 is 0 Å². The molecule has 2 unspecified atom stereocenters. The second kappa shape index (κ2) is 9.49. The highest BCUT2D eigenvalue weighted by Gasteiger charge is 2.40. The zero-order chi connectivity index (χ0) is 19.2. The molecule has 1 amide bonds. The van der Waals surface area contributed by atoms with Crippen LogP contribution in [0.1, 0.15) is 59.9 Å². The Kier molecular flexibility index (Phi) is 7.05. The van der Waals surface area contributed by atoms with E-state index < -0.39 is 0 Å². The van der Waals surface area contributed by atoms with Crippen molar-refractivity contribution in [3.8, 4) is 0 Å². The van der Waals surface area contributed by atoms with Gasteiger partial charge in [-0.2, -0.15) is 0 Å². The van der Waals surface area contributed by atoms with E-state index in [0.717, 1.165) is 50.0 Å².